The first kappa shape index (κ1) is 24.6. The van der Waals surface area contributed by atoms with Gasteiger partial charge in [-0.25, -0.2) is 24.4 Å². The number of carbonyl (C=O) groups is 2. The number of rotatable bonds is 7. The molecule has 0 aliphatic rings. The third-order valence-electron chi connectivity index (χ3n) is 4.70. The maximum Gasteiger partial charge on any atom is 0.413 e. The van der Waals surface area contributed by atoms with E-state index in [4.69, 9.17) is 9.47 Å². The highest BCUT2D eigenvalue weighted by molar-refractivity contribution is 5.93. The van der Waals surface area contributed by atoms with E-state index in [1.54, 1.807) is 54.7 Å². The monoisotopic (exact) mass is 467 g/mol. The van der Waals surface area contributed by atoms with Crippen molar-refractivity contribution in [3.63, 3.8) is 0 Å². The molecule has 0 saturated heterocycles. The molecule has 11 heteroatoms. The highest BCUT2D eigenvalue weighted by atomic mass is 16.6. The molecule has 0 aliphatic carbocycles. The molecular formula is C23H29N7O4. The van der Waals surface area contributed by atoms with E-state index in [9.17, 15) is 9.59 Å². The summed E-state index contributed by atoms with van der Waals surface area (Å²) in [5.74, 6) is 0.492. The maximum atomic E-state index is 12.9. The van der Waals surface area contributed by atoms with Crippen LogP contribution in [-0.4, -0.2) is 67.4 Å². The van der Waals surface area contributed by atoms with Crippen LogP contribution in [0.5, 0.6) is 5.88 Å². The first-order chi connectivity index (χ1) is 16.1. The van der Waals surface area contributed by atoms with Crippen LogP contribution in [0.15, 0.2) is 36.8 Å². The number of carbonyl (C=O) groups excluding carboxylic acids is 2. The Kier molecular flexibility index (Phi) is 7.44. The Morgan fingerprint density at radius 2 is 1.79 bits per heavy atom. The van der Waals surface area contributed by atoms with Gasteiger partial charge in [0.2, 0.25) is 5.88 Å². The van der Waals surface area contributed by atoms with Crippen LogP contribution in [-0.2, 0) is 4.74 Å². The molecule has 0 fully saturated rings. The van der Waals surface area contributed by atoms with E-state index >= 15 is 0 Å². The number of nitrogens with zero attached hydrogens (tertiary/aromatic N) is 6. The highest BCUT2D eigenvalue weighted by Gasteiger charge is 2.22. The molecule has 3 rings (SSSR count). The van der Waals surface area contributed by atoms with Gasteiger partial charge in [0, 0.05) is 19.2 Å². The predicted molar refractivity (Wildman–Crippen MR) is 126 cm³/mol. The van der Waals surface area contributed by atoms with Gasteiger partial charge >= 0.3 is 6.09 Å². The van der Waals surface area contributed by atoms with E-state index < -0.39 is 11.7 Å². The second kappa shape index (κ2) is 10.3. The van der Waals surface area contributed by atoms with Crippen molar-refractivity contribution < 1.29 is 19.1 Å². The lowest BCUT2D eigenvalue weighted by Gasteiger charge is -2.19. The fourth-order valence-electron chi connectivity index (χ4n) is 3.09. The highest BCUT2D eigenvalue weighted by Crippen LogP contribution is 2.24. The van der Waals surface area contributed by atoms with E-state index in [0.717, 1.165) is 0 Å². The number of hydrogen-bond acceptors (Lipinski definition) is 8. The van der Waals surface area contributed by atoms with Gasteiger partial charge in [0.15, 0.2) is 11.5 Å². The average Bonchev–Trinajstić information content (AvgIpc) is 3.24. The molecule has 0 atom stereocenters. The van der Waals surface area contributed by atoms with E-state index in [2.05, 4.69) is 25.4 Å². The van der Waals surface area contributed by atoms with E-state index in [0.29, 0.717) is 36.0 Å². The molecular weight excluding hydrogens is 438 g/mol. The molecule has 0 saturated carbocycles. The molecule has 3 heterocycles. The fourth-order valence-corrected chi connectivity index (χ4v) is 3.09. The van der Waals surface area contributed by atoms with Gasteiger partial charge in [-0.15, -0.1) is 0 Å². The summed E-state index contributed by atoms with van der Waals surface area (Å²) in [6.07, 6.45) is 3.86. The summed E-state index contributed by atoms with van der Waals surface area (Å²) in [6, 6.07) is 5.14. The second-order valence-corrected chi connectivity index (χ2v) is 8.28. The Labute approximate surface area is 198 Å². The first-order valence-electron chi connectivity index (χ1n) is 10.9. The van der Waals surface area contributed by atoms with Crippen LogP contribution in [0.25, 0.3) is 17.1 Å². The summed E-state index contributed by atoms with van der Waals surface area (Å²) in [5, 5.41) is 7.08. The number of hydrogen-bond donors (Lipinski definition) is 1. The minimum absolute atomic E-state index is 0.192. The van der Waals surface area contributed by atoms with Crippen LogP contribution in [0.4, 0.5) is 10.6 Å². The lowest BCUT2D eigenvalue weighted by molar-refractivity contribution is 0.0634. The van der Waals surface area contributed by atoms with Crippen molar-refractivity contribution in [1.82, 2.24) is 29.6 Å². The number of nitrogens with one attached hydrogen (secondary N) is 1. The minimum atomic E-state index is -0.635. The Bertz CT molecular complexity index is 1130. The van der Waals surface area contributed by atoms with Crippen LogP contribution < -0.4 is 10.1 Å². The molecule has 0 spiro atoms. The summed E-state index contributed by atoms with van der Waals surface area (Å²) < 4.78 is 11.9. The Morgan fingerprint density at radius 1 is 1.06 bits per heavy atom. The minimum Gasteiger partial charge on any atom is -0.481 e. The second-order valence-electron chi connectivity index (χ2n) is 8.28. The van der Waals surface area contributed by atoms with Gasteiger partial charge in [0.1, 0.15) is 11.3 Å². The van der Waals surface area contributed by atoms with Crippen molar-refractivity contribution in [1.29, 1.82) is 0 Å². The standard InChI is InChI=1S/C23H29N7O4/c1-7-29(8-2)21(31)16-11-18(30(28-16)15-9-10-20(33-6)26-12-15)17-13-25-19(14-24-17)27-22(32)34-23(3,4)5/h9-14H,7-8H2,1-6H3,(H,25,27,32). The molecule has 11 nitrogen and oxygen atoms in total. The van der Waals surface area contributed by atoms with Gasteiger partial charge in [0.25, 0.3) is 5.91 Å². The molecule has 3 aromatic rings. The SMILES string of the molecule is CCN(CC)C(=O)c1cc(-c2cnc(NC(=O)OC(C)(C)C)cn2)n(-c2ccc(OC)nc2)n1. The first-order valence-corrected chi connectivity index (χ1v) is 10.9. The molecule has 1 N–H and O–H groups in total. The lowest BCUT2D eigenvalue weighted by Crippen LogP contribution is -2.30. The molecule has 34 heavy (non-hydrogen) atoms. The topological polar surface area (TPSA) is 124 Å². The molecule has 3 aromatic heterocycles. The molecule has 0 bridgehead atoms. The molecule has 180 valence electrons. The summed E-state index contributed by atoms with van der Waals surface area (Å²) in [7, 11) is 1.53. The van der Waals surface area contributed by atoms with Crippen molar-refractivity contribution >= 4 is 17.8 Å². The largest absolute Gasteiger partial charge is 0.481 e. The Morgan fingerprint density at radius 3 is 2.32 bits per heavy atom. The third-order valence-corrected chi connectivity index (χ3v) is 4.70. The summed E-state index contributed by atoms with van der Waals surface area (Å²) in [5.41, 5.74) is 1.25. The van der Waals surface area contributed by atoms with Gasteiger partial charge in [-0.1, -0.05) is 0 Å². The molecule has 0 unspecified atom stereocenters. The zero-order valence-corrected chi connectivity index (χ0v) is 20.2. The van der Waals surface area contributed by atoms with Crippen LogP contribution in [0, 0.1) is 0 Å². The summed E-state index contributed by atoms with van der Waals surface area (Å²) >= 11 is 0. The van der Waals surface area contributed by atoms with Crippen molar-refractivity contribution in [2.24, 2.45) is 0 Å². The number of aromatic nitrogens is 5. The summed E-state index contributed by atoms with van der Waals surface area (Å²) in [6.45, 7) is 10.3. The molecule has 0 radical (unpaired) electrons. The van der Waals surface area contributed by atoms with Crippen LogP contribution in [0.3, 0.4) is 0 Å². The van der Waals surface area contributed by atoms with Crippen LogP contribution >= 0.6 is 0 Å². The van der Waals surface area contributed by atoms with Crippen LogP contribution in [0.2, 0.25) is 0 Å². The van der Waals surface area contributed by atoms with Gasteiger partial charge in [-0.05, 0) is 46.8 Å². The number of ether oxygens (including phenoxy) is 2. The van der Waals surface area contributed by atoms with Crippen LogP contribution in [0.1, 0.15) is 45.1 Å². The van der Waals surface area contributed by atoms with Crippen molar-refractivity contribution in [2.45, 2.75) is 40.2 Å². The normalized spacial score (nSPS) is 11.1. The molecule has 0 aromatic carbocycles. The quantitative estimate of drug-likeness (QED) is 0.559. The van der Waals surface area contributed by atoms with Gasteiger partial charge in [0.05, 0.1) is 37.1 Å². The molecule has 2 amide bonds. The lowest BCUT2D eigenvalue weighted by atomic mass is 10.2. The average molecular weight is 468 g/mol. The maximum absolute atomic E-state index is 12.9. The number of methoxy groups -OCH3 is 1. The van der Waals surface area contributed by atoms with Crippen molar-refractivity contribution in [3.05, 3.63) is 42.5 Å². The van der Waals surface area contributed by atoms with E-state index in [-0.39, 0.29) is 17.4 Å². The molecule has 0 aliphatic heterocycles. The van der Waals surface area contributed by atoms with Gasteiger partial charge in [-0.3, -0.25) is 10.1 Å². The number of amides is 2. The van der Waals surface area contributed by atoms with Gasteiger partial charge < -0.3 is 14.4 Å². The van der Waals surface area contributed by atoms with Crippen molar-refractivity contribution in [2.75, 3.05) is 25.5 Å². The third kappa shape index (κ3) is 5.85. The van der Waals surface area contributed by atoms with Crippen molar-refractivity contribution in [3.8, 4) is 23.0 Å². The van der Waals surface area contributed by atoms with E-state index in [1.165, 1.54) is 19.5 Å². The smallest absolute Gasteiger partial charge is 0.413 e. The van der Waals surface area contributed by atoms with Gasteiger partial charge in [-0.2, -0.15) is 5.10 Å². The Hall–Kier alpha value is -4.02. The fraction of sp³-hybridized carbons (Fsp3) is 0.391. The zero-order chi connectivity index (χ0) is 24.9. The number of pyridine rings is 1. The van der Waals surface area contributed by atoms with E-state index in [1.807, 2.05) is 13.8 Å². The zero-order valence-electron chi connectivity index (χ0n) is 20.2. The Balaban J connectivity index is 1.96. The summed E-state index contributed by atoms with van der Waals surface area (Å²) in [4.78, 5) is 39.5. The predicted octanol–water partition coefficient (Wildman–Crippen LogP) is 3.56. The number of anilines is 1.